The van der Waals surface area contributed by atoms with E-state index in [1.54, 1.807) is 4.90 Å². The number of rotatable bonds is 4. The molecule has 0 spiro atoms. The van der Waals surface area contributed by atoms with E-state index in [1.165, 1.54) is 6.07 Å². The minimum Gasteiger partial charge on any atom is -0.371 e. The summed E-state index contributed by atoms with van der Waals surface area (Å²) in [6.07, 6.45) is -5.92. The summed E-state index contributed by atoms with van der Waals surface area (Å²) in [5.41, 5.74) is -3.50. The van der Waals surface area contributed by atoms with Gasteiger partial charge in [0.05, 0.1) is 16.8 Å². The van der Waals surface area contributed by atoms with Crippen LogP contribution in [0.1, 0.15) is 47.2 Å². The van der Waals surface area contributed by atoms with Gasteiger partial charge in [-0.25, -0.2) is 4.39 Å². The van der Waals surface area contributed by atoms with Gasteiger partial charge in [-0.2, -0.15) is 26.3 Å². The van der Waals surface area contributed by atoms with Crippen LogP contribution in [0.25, 0.3) is 0 Å². The summed E-state index contributed by atoms with van der Waals surface area (Å²) >= 11 is 0. The first-order chi connectivity index (χ1) is 16.4. The third-order valence-electron chi connectivity index (χ3n) is 6.53. The van der Waals surface area contributed by atoms with Gasteiger partial charge in [0.15, 0.2) is 0 Å². The zero-order valence-electron chi connectivity index (χ0n) is 18.6. The lowest BCUT2D eigenvalue weighted by molar-refractivity contribution is -0.138. The van der Waals surface area contributed by atoms with Gasteiger partial charge in [-0.1, -0.05) is 0 Å². The molecule has 11 heteroatoms. The molecule has 190 valence electrons. The Morgan fingerprint density at radius 2 is 1.51 bits per heavy atom. The average molecular weight is 503 g/mol. The van der Waals surface area contributed by atoms with E-state index in [4.69, 9.17) is 0 Å². The molecule has 4 nitrogen and oxygen atoms in total. The van der Waals surface area contributed by atoms with Gasteiger partial charge in [-0.3, -0.25) is 4.79 Å². The number of halogens is 7. The van der Waals surface area contributed by atoms with Crippen LogP contribution in [0.2, 0.25) is 0 Å². The Morgan fingerprint density at radius 3 is 2.11 bits per heavy atom. The molecule has 0 aromatic heterocycles. The molecule has 2 aliphatic heterocycles. The molecule has 2 aromatic carbocycles. The van der Waals surface area contributed by atoms with E-state index in [2.05, 4.69) is 4.90 Å². The molecule has 0 radical (unpaired) electrons. The monoisotopic (exact) mass is 503 g/mol. The third-order valence-corrected chi connectivity index (χ3v) is 6.53. The normalized spacial score (nSPS) is 18.2. The molecule has 2 heterocycles. The second kappa shape index (κ2) is 9.67. The second-order valence-electron chi connectivity index (χ2n) is 8.87. The van der Waals surface area contributed by atoms with Gasteiger partial charge in [0.2, 0.25) is 0 Å². The lowest BCUT2D eigenvalue weighted by atomic mass is 10.0. The average Bonchev–Trinajstić information content (AvgIpc) is 3.34. The highest BCUT2D eigenvalue weighted by Gasteiger charge is 2.36. The van der Waals surface area contributed by atoms with Gasteiger partial charge in [0.25, 0.3) is 5.91 Å². The zero-order chi connectivity index (χ0) is 25.4. The van der Waals surface area contributed by atoms with Crippen LogP contribution in [-0.4, -0.2) is 43.0 Å². The molecule has 0 aliphatic carbocycles. The predicted molar refractivity (Wildman–Crippen MR) is 117 cm³/mol. The predicted octanol–water partition coefficient (Wildman–Crippen LogP) is 6.18. The van der Waals surface area contributed by atoms with Crippen molar-refractivity contribution in [2.45, 2.75) is 44.1 Å². The minimum atomic E-state index is -4.97. The smallest absolute Gasteiger partial charge is 0.371 e. The number of nitrogens with one attached hydrogen (secondary N) is 1. The van der Waals surface area contributed by atoms with Crippen LogP contribution < -0.4 is 10.2 Å². The highest BCUT2D eigenvalue weighted by molar-refractivity contribution is 6.05. The Labute approximate surface area is 197 Å². The standard InChI is InChI=1S/C24H24F7N3O/c25-17-3-4-21(20(14-17)24(29,30)31)32-22(35)15-11-16(23(26,27)28)13-19(12-15)34-9-5-18(6-10-34)33-7-1-2-8-33/h3-4,11-14,18H,1-2,5-10H2,(H,32,35). The Morgan fingerprint density at radius 1 is 0.857 bits per heavy atom. The first kappa shape index (κ1) is 25.3. The van der Waals surface area contributed by atoms with Crippen LogP contribution in [0.4, 0.5) is 42.1 Å². The van der Waals surface area contributed by atoms with Crippen molar-refractivity contribution in [2.75, 3.05) is 36.4 Å². The molecule has 0 atom stereocenters. The molecular formula is C24H24F7N3O. The number of carbonyl (C=O) groups excluding carboxylic acids is 1. The Balaban J connectivity index is 1.59. The van der Waals surface area contributed by atoms with Crippen molar-refractivity contribution >= 4 is 17.3 Å². The lowest BCUT2D eigenvalue weighted by Gasteiger charge is -2.38. The van der Waals surface area contributed by atoms with E-state index in [0.29, 0.717) is 25.2 Å². The molecule has 2 saturated heterocycles. The third kappa shape index (κ3) is 5.88. The number of hydrogen-bond donors (Lipinski definition) is 1. The molecule has 0 bridgehead atoms. The summed E-state index contributed by atoms with van der Waals surface area (Å²) in [6, 6.07) is 4.84. The first-order valence-electron chi connectivity index (χ1n) is 11.3. The topological polar surface area (TPSA) is 35.6 Å². The molecule has 0 unspecified atom stereocenters. The number of hydrogen-bond acceptors (Lipinski definition) is 3. The molecule has 1 N–H and O–H groups in total. The molecular weight excluding hydrogens is 479 g/mol. The molecule has 2 aliphatic rings. The minimum absolute atomic E-state index is 0.181. The zero-order valence-corrected chi connectivity index (χ0v) is 18.6. The largest absolute Gasteiger partial charge is 0.418 e. The van der Waals surface area contributed by atoms with Crippen molar-refractivity contribution in [1.29, 1.82) is 0 Å². The van der Waals surface area contributed by atoms with Gasteiger partial charge >= 0.3 is 12.4 Å². The molecule has 4 rings (SSSR count). The van der Waals surface area contributed by atoms with Crippen molar-refractivity contribution in [3.05, 3.63) is 58.9 Å². The van der Waals surface area contributed by atoms with E-state index in [-0.39, 0.29) is 11.8 Å². The van der Waals surface area contributed by atoms with E-state index >= 15 is 0 Å². The summed E-state index contributed by atoms with van der Waals surface area (Å²) in [5, 5.41) is 2.00. The maximum absolute atomic E-state index is 13.6. The Bertz CT molecular complexity index is 1070. The Kier molecular flexibility index (Phi) is 6.99. The van der Waals surface area contributed by atoms with Crippen LogP contribution in [0.3, 0.4) is 0 Å². The van der Waals surface area contributed by atoms with Crippen molar-refractivity contribution in [3.63, 3.8) is 0 Å². The van der Waals surface area contributed by atoms with Crippen LogP contribution >= 0.6 is 0 Å². The summed E-state index contributed by atoms with van der Waals surface area (Å²) in [7, 11) is 0. The maximum atomic E-state index is 13.6. The summed E-state index contributed by atoms with van der Waals surface area (Å²) in [6.45, 7) is 3.03. The summed E-state index contributed by atoms with van der Waals surface area (Å²) in [5.74, 6) is -2.31. The number of alkyl halides is 6. The van der Waals surface area contributed by atoms with Crippen molar-refractivity contribution in [1.82, 2.24) is 4.90 Å². The van der Waals surface area contributed by atoms with Crippen LogP contribution in [0, 0.1) is 5.82 Å². The van der Waals surface area contributed by atoms with Crippen molar-refractivity contribution in [3.8, 4) is 0 Å². The van der Waals surface area contributed by atoms with E-state index in [1.807, 2.05) is 5.32 Å². The van der Waals surface area contributed by atoms with Gasteiger partial charge in [-0.05, 0) is 75.2 Å². The number of amides is 1. The maximum Gasteiger partial charge on any atom is 0.418 e. The number of benzene rings is 2. The number of anilines is 2. The fourth-order valence-corrected chi connectivity index (χ4v) is 4.74. The van der Waals surface area contributed by atoms with E-state index in [9.17, 15) is 35.5 Å². The lowest BCUT2D eigenvalue weighted by Crippen LogP contribution is -2.44. The van der Waals surface area contributed by atoms with Crippen LogP contribution in [-0.2, 0) is 12.4 Å². The van der Waals surface area contributed by atoms with Gasteiger partial charge in [0.1, 0.15) is 5.82 Å². The highest BCUT2D eigenvalue weighted by atomic mass is 19.4. The molecule has 35 heavy (non-hydrogen) atoms. The first-order valence-corrected chi connectivity index (χ1v) is 11.3. The highest BCUT2D eigenvalue weighted by Crippen LogP contribution is 2.37. The number of piperidine rings is 1. The van der Waals surface area contributed by atoms with E-state index < -0.39 is 46.5 Å². The fourth-order valence-electron chi connectivity index (χ4n) is 4.74. The molecule has 0 saturated carbocycles. The van der Waals surface area contributed by atoms with Crippen LogP contribution in [0.5, 0.6) is 0 Å². The number of nitrogens with zero attached hydrogens (tertiary/aromatic N) is 2. The van der Waals surface area contributed by atoms with Crippen molar-refractivity contribution < 1.29 is 35.5 Å². The summed E-state index contributed by atoms with van der Waals surface area (Å²) in [4.78, 5) is 16.9. The molecule has 2 fully saturated rings. The van der Waals surface area contributed by atoms with Crippen LogP contribution in [0.15, 0.2) is 36.4 Å². The van der Waals surface area contributed by atoms with Gasteiger partial charge in [-0.15, -0.1) is 0 Å². The fraction of sp³-hybridized carbons (Fsp3) is 0.458. The van der Waals surface area contributed by atoms with Gasteiger partial charge < -0.3 is 15.1 Å². The van der Waals surface area contributed by atoms with Gasteiger partial charge in [0, 0.05) is 30.4 Å². The summed E-state index contributed by atoms with van der Waals surface area (Å²) < 4.78 is 94.0. The second-order valence-corrected chi connectivity index (χ2v) is 8.87. The van der Waals surface area contributed by atoms with E-state index in [0.717, 1.165) is 57.0 Å². The van der Waals surface area contributed by atoms with Crippen molar-refractivity contribution in [2.24, 2.45) is 0 Å². The number of likely N-dealkylation sites (tertiary alicyclic amines) is 1. The molecule has 2 aromatic rings. The molecule has 1 amide bonds. The Hall–Kier alpha value is -2.82. The number of carbonyl (C=O) groups is 1. The SMILES string of the molecule is O=C(Nc1ccc(F)cc1C(F)(F)F)c1cc(N2CCC(N3CCCC3)CC2)cc(C(F)(F)F)c1. The quantitative estimate of drug-likeness (QED) is 0.507.